The maximum absolute atomic E-state index is 4.89. The number of hydrogen-bond acceptors (Lipinski definition) is 3. The molecule has 4 aromatic rings. The molecule has 26 heavy (non-hydrogen) atoms. The van der Waals surface area contributed by atoms with Gasteiger partial charge in [0, 0.05) is 11.1 Å². The Morgan fingerprint density at radius 1 is 0.962 bits per heavy atom. The number of nitrogens with zero attached hydrogens (tertiary/aromatic N) is 2. The van der Waals surface area contributed by atoms with Crippen molar-refractivity contribution >= 4 is 46.1 Å². The number of hydrogen-bond donors (Lipinski definition) is 1. The van der Waals surface area contributed by atoms with Gasteiger partial charge in [-0.15, -0.1) is 12.4 Å². The van der Waals surface area contributed by atoms with E-state index in [1.54, 1.807) is 11.8 Å². The zero-order valence-electron chi connectivity index (χ0n) is 14.9. The van der Waals surface area contributed by atoms with Crippen LogP contribution >= 0.6 is 24.2 Å². The van der Waals surface area contributed by atoms with Crippen LogP contribution in [0.25, 0.3) is 21.9 Å². The van der Waals surface area contributed by atoms with Crippen LogP contribution in [0.4, 0.5) is 0 Å². The summed E-state index contributed by atoms with van der Waals surface area (Å²) in [6.07, 6.45) is 0.951. The number of imidazole rings is 1. The Bertz CT molecular complexity index is 1010. The van der Waals surface area contributed by atoms with Crippen LogP contribution < -0.4 is 0 Å². The molecule has 0 atom stereocenters. The minimum absolute atomic E-state index is 0. The first kappa shape index (κ1) is 18.7. The molecule has 2 aromatic carbocycles. The van der Waals surface area contributed by atoms with Crippen molar-refractivity contribution in [3.8, 4) is 0 Å². The van der Waals surface area contributed by atoms with E-state index in [2.05, 4.69) is 61.3 Å². The maximum Gasteiger partial charge on any atom is 0.166 e. The summed E-state index contributed by atoms with van der Waals surface area (Å²) >= 11 is 1.74. The number of aromatic amines is 1. The Morgan fingerprint density at radius 2 is 1.69 bits per heavy atom. The highest BCUT2D eigenvalue weighted by Gasteiger charge is 2.14. The van der Waals surface area contributed by atoms with Crippen LogP contribution in [0.15, 0.2) is 59.8 Å². The summed E-state index contributed by atoms with van der Waals surface area (Å²) < 4.78 is 0. The van der Waals surface area contributed by atoms with E-state index in [4.69, 9.17) is 9.97 Å². The molecule has 2 aromatic heterocycles. The monoisotopic (exact) mass is 383 g/mol. The van der Waals surface area contributed by atoms with Crippen molar-refractivity contribution in [3.63, 3.8) is 0 Å². The van der Waals surface area contributed by atoms with Gasteiger partial charge >= 0.3 is 0 Å². The van der Waals surface area contributed by atoms with E-state index in [-0.39, 0.29) is 12.4 Å². The number of H-pyrrole nitrogens is 1. The quantitative estimate of drug-likeness (QED) is 0.428. The lowest BCUT2D eigenvalue weighted by molar-refractivity contribution is 0.639. The Kier molecular flexibility index (Phi) is 5.84. The van der Waals surface area contributed by atoms with Crippen molar-refractivity contribution in [3.05, 3.63) is 65.9 Å². The van der Waals surface area contributed by atoms with Crippen LogP contribution in [0.5, 0.6) is 0 Å². The molecule has 0 aliphatic heterocycles. The molecular weight excluding hydrogens is 362 g/mol. The van der Waals surface area contributed by atoms with Crippen LogP contribution in [-0.2, 0) is 12.2 Å². The van der Waals surface area contributed by atoms with Gasteiger partial charge in [-0.2, -0.15) is 0 Å². The fourth-order valence-corrected chi connectivity index (χ4v) is 3.88. The molecule has 0 unspecified atom stereocenters. The van der Waals surface area contributed by atoms with E-state index in [0.29, 0.717) is 5.92 Å². The van der Waals surface area contributed by atoms with Gasteiger partial charge in [0.25, 0.3) is 0 Å². The van der Waals surface area contributed by atoms with E-state index in [0.717, 1.165) is 45.0 Å². The van der Waals surface area contributed by atoms with Crippen molar-refractivity contribution in [1.29, 1.82) is 0 Å². The SMILES string of the molecule is CC(C)Cc1nc2ccccc2c2nc(SCc3ccccc3)[nH]c12.Cl. The van der Waals surface area contributed by atoms with Crippen molar-refractivity contribution in [1.82, 2.24) is 15.0 Å². The van der Waals surface area contributed by atoms with Gasteiger partial charge in [0.05, 0.1) is 16.7 Å². The van der Waals surface area contributed by atoms with Crippen molar-refractivity contribution in [2.45, 2.75) is 31.2 Å². The van der Waals surface area contributed by atoms with Gasteiger partial charge in [0.15, 0.2) is 5.16 Å². The molecule has 134 valence electrons. The highest BCUT2D eigenvalue weighted by molar-refractivity contribution is 7.98. The fraction of sp³-hybridized carbons (Fsp3) is 0.238. The number of para-hydroxylation sites is 1. The van der Waals surface area contributed by atoms with Gasteiger partial charge in [-0.1, -0.05) is 74.1 Å². The second-order valence-electron chi connectivity index (χ2n) is 6.71. The smallest absolute Gasteiger partial charge is 0.166 e. The predicted molar refractivity (Wildman–Crippen MR) is 113 cm³/mol. The summed E-state index contributed by atoms with van der Waals surface area (Å²) in [5.74, 6) is 1.46. The van der Waals surface area contributed by atoms with Gasteiger partial charge in [-0.05, 0) is 24.0 Å². The number of nitrogens with one attached hydrogen (secondary N) is 1. The molecule has 0 fully saturated rings. The minimum Gasteiger partial charge on any atom is -0.331 e. The molecule has 0 bridgehead atoms. The van der Waals surface area contributed by atoms with Crippen molar-refractivity contribution < 1.29 is 0 Å². The summed E-state index contributed by atoms with van der Waals surface area (Å²) in [5.41, 5.74) is 5.57. The molecule has 0 aliphatic rings. The fourth-order valence-electron chi connectivity index (χ4n) is 3.06. The van der Waals surface area contributed by atoms with E-state index in [9.17, 15) is 0 Å². The average molecular weight is 384 g/mol. The standard InChI is InChI=1S/C21H21N3S.ClH/c1-14(2)12-18-20-19(16-10-6-7-11-17(16)22-18)23-21(24-20)25-13-15-8-4-3-5-9-15;/h3-11,14H,12-13H2,1-2H3,(H,23,24);1H. The topological polar surface area (TPSA) is 41.6 Å². The number of thioether (sulfide) groups is 1. The lowest BCUT2D eigenvalue weighted by Crippen LogP contribution is -1.99. The zero-order valence-corrected chi connectivity index (χ0v) is 16.5. The van der Waals surface area contributed by atoms with E-state index < -0.39 is 0 Å². The Hall–Kier alpha value is -2.04. The second kappa shape index (κ2) is 8.11. The minimum atomic E-state index is 0. The van der Waals surface area contributed by atoms with Crippen molar-refractivity contribution in [2.75, 3.05) is 0 Å². The number of pyridine rings is 1. The van der Waals surface area contributed by atoms with Gasteiger partial charge in [-0.3, -0.25) is 4.98 Å². The largest absolute Gasteiger partial charge is 0.331 e. The Labute approximate surface area is 164 Å². The summed E-state index contributed by atoms with van der Waals surface area (Å²) in [6, 6.07) is 18.8. The van der Waals surface area contributed by atoms with Crippen LogP contribution in [-0.4, -0.2) is 15.0 Å². The van der Waals surface area contributed by atoms with Crippen LogP contribution in [0, 0.1) is 5.92 Å². The number of rotatable bonds is 5. The molecule has 0 spiro atoms. The lowest BCUT2D eigenvalue weighted by Gasteiger charge is -2.07. The third-order valence-corrected chi connectivity index (χ3v) is 5.15. The van der Waals surface area contributed by atoms with E-state index >= 15 is 0 Å². The number of halogens is 1. The first-order valence-electron chi connectivity index (χ1n) is 8.65. The summed E-state index contributed by atoms with van der Waals surface area (Å²) in [4.78, 5) is 13.3. The molecule has 3 nitrogen and oxygen atoms in total. The number of benzene rings is 2. The Morgan fingerprint density at radius 3 is 2.46 bits per heavy atom. The highest BCUT2D eigenvalue weighted by Crippen LogP contribution is 2.29. The lowest BCUT2D eigenvalue weighted by atomic mass is 10.0. The molecular formula is C21H22ClN3S. The van der Waals surface area contributed by atoms with Crippen LogP contribution in [0.3, 0.4) is 0 Å². The number of fused-ring (bicyclic) bond motifs is 3. The van der Waals surface area contributed by atoms with Gasteiger partial charge in [0.2, 0.25) is 0 Å². The average Bonchev–Trinajstić information content (AvgIpc) is 3.05. The molecule has 2 heterocycles. The Balaban J connectivity index is 0.00000196. The molecule has 0 saturated carbocycles. The van der Waals surface area contributed by atoms with Crippen molar-refractivity contribution in [2.24, 2.45) is 5.92 Å². The molecule has 4 rings (SSSR count). The highest BCUT2D eigenvalue weighted by atomic mass is 35.5. The second-order valence-corrected chi connectivity index (χ2v) is 7.68. The third kappa shape index (κ3) is 3.87. The predicted octanol–water partition coefficient (Wildman–Crippen LogP) is 6.02. The van der Waals surface area contributed by atoms with Gasteiger partial charge in [-0.25, -0.2) is 4.98 Å². The van der Waals surface area contributed by atoms with Crippen LogP contribution in [0.1, 0.15) is 25.1 Å². The molecule has 1 N–H and O–H groups in total. The summed E-state index contributed by atoms with van der Waals surface area (Å²) in [6.45, 7) is 4.45. The van der Waals surface area contributed by atoms with E-state index in [1.807, 2.05) is 12.1 Å². The molecule has 0 aliphatic carbocycles. The van der Waals surface area contributed by atoms with Crippen LogP contribution in [0.2, 0.25) is 0 Å². The number of aromatic nitrogens is 3. The molecule has 0 saturated heterocycles. The van der Waals surface area contributed by atoms with Gasteiger partial charge in [0.1, 0.15) is 5.52 Å². The normalized spacial score (nSPS) is 11.2. The summed E-state index contributed by atoms with van der Waals surface area (Å²) in [5, 5.41) is 2.08. The molecule has 0 amide bonds. The van der Waals surface area contributed by atoms with E-state index in [1.165, 1.54) is 5.56 Å². The first-order chi connectivity index (χ1) is 12.2. The summed E-state index contributed by atoms with van der Waals surface area (Å²) in [7, 11) is 0. The molecule has 0 radical (unpaired) electrons. The maximum atomic E-state index is 4.89. The van der Waals surface area contributed by atoms with Gasteiger partial charge < -0.3 is 4.98 Å². The third-order valence-electron chi connectivity index (χ3n) is 4.21. The first-order valence-corrected chi connectivity index (χ1v) is 9.63. The zero-order chi connectivity index (χ0) is 17.2. The molecule has 5 heteroatoms.